The van der Waals surface area contributed by atoms with Crippen molar-refractivity contribution in [3.63, 3.8) is 0 Å². The van der Waals surface area contributed by atoms with Crippen LogP contribution in [-0.4, -0.2) is 16.1 Å². The smallest absolute Gasteiger partial charge is 0.271 e. The molecule has 0 fully saturated rings. The predicted molar refractivity (Wildman–Crippen MR) is 163 cm³/mol. The van der Waals surface area contributed by atoms with Crippen molar-refractivity contribution >= 4 is 60.7 Å². The molecule has 1 aliphatic heterocycles. The Labute approximate surface area is 249 Å². The Hall–Kier alpha value is -3.60. The van der Waals surface area contributed by atoms with Crippen LogP contribution in [0.25, 0.3) is 11.8 Å². The molecule has 1 unspecified atom stereocenters. The second kappa shape index (κ2) is 10.8. The van der Waals surface area contributed by atoms with E-state index in [0.29, 0.717) is 33.7 Å². The molecule has 0 N–H and O–H groups in total. The molecule has 6 rings (SSSR count). The first-order chi connectivity index (χ1) is 19.4. The Morgan fingerprint density at radius 2 is 1.90 bits per heavy atom. The van der Waals surface area contributed by atoms with Crippen LogP contribution < -0.4 is 19.6 Å². The number of thiazole rings is 1. The highest BCUT2D eigenvalue weighted by atomic mass is 79.9. The molecule has 40 heavy (non-hydrogen) atoms. The highest BCUT2D eigenvalue weighted by Gasteiger charge is 2.33. The molecule has 200 valence electrons. The number of hydrogen-bond acceptors (Lipinski definition) is 6. The van der Waals surface area contributed by atoms with Crippen molar-refractivity contribution in [2.45, 2.75) is 18.9 Å². The van der Waals surface area contributed by atoms with E-state index in [4.69, 9.17) is 9.73 Å². The minimum Gasteiger partial charge on any atom is -0.487 e. The maximum absolute atomic E-state index is 14.0. The summed E-state index contributed by atoms with van der Waals surface area (Å²) in [6, 6.07) is 18.0. The molecule has 1 atom stereocenters. The molecule has 2 heterocycles. The van der Waals surface area contributed by atoms with E-state index < -0.39 is 11.0 Å². The molecular weight excluding hydrogens is 658 g/mol. The number of nitro benzene ring substituents is 1. The Kier molecular flexibility index (Phi) is 7.16. The molecular formula is C30H21Br2N3O4S. The SMILES string of the molecule is C=CCOc1c(Br)cc(/C=c2/sc3n(c2=O)C(c2cccc([N+](=O)[O-])c2)C2=C(N=3)c3ccccc3CC2)cc1Br. The van der Waals surface area contributed by atoms with Crippen molar-refractivity contribution in [2.75, 3.05) is 6.61 Å². The Morgan fingerprint density at radius 3 is 2.65 bits per heavy atom. The molecule has 0 bridgehead atoms. The Morgan fingerprint density at radius 1 is 1.12 bits per heavy atom. The number of allylic oxidation sites excluding steroid dienone is 1. The van der Waals surface area contributed by atoms with Crippen molar-refractivity contribution in [2.24, 2.45) is 4.99 Å². The van der Waals surface area contributed by atoms with Gasteiger partial charge in [-0.05, 0) is 85.2 Å². The fourth-order valence-corrected chi connectivity index (χ4v) is 7.68. The van der Waals surface area contributed by atoms with Gasteiger partial charge < -0.3 is 4.74 Å². The van der Waals surface area contributed by atoms with Crippen LogP contribution in [0.15, 0.2) is 97.6 Å². The van der Waals surface area contributed by atoms with Crippen LogP contribution in [0.1, 0.15) is 34.7 Å². The molecule has 1 aliphatic carbocycles. The lowest BCUT2D eigenvalue weighted by Gasteiger charge is -2.30. The van der Waals surface area contributed by atoms with Gasteiger partial charge in [0.25, 0.3) is 11.2 Å². The summed E-state index contributed by atoms with van der Waals surface area (Å²) in [5.41, 5.74) is 5.38. The van der Waals surface area contributed by atoms with Gasteiger partial charge in [-0.1, -0.05) is 60.4 Å². The number of nitrogens with zero attached hydrogens (tertiary/aromatic N) is 3. The third kappa shape index (κ3) is 4.70. The lowest BCUT2D eigenvalue weighted by molar-refractivity contribution is -0.384. The molecule has 4 aromatic rings. The minimum absolute atomic E-state index is 0.0107. The van der Waals surface area contributed by atoms with Gasteiger partial charge in [0.05, 0.1) is 30.1 Å². The average molecular weight is 679 g/mol. The van der Waals surface area contributed by atoms with Crippen LogP contribution in [0.5, 0.6) is 5.75 Å². The summed E-state index contributed by atoms with van der Waals surface area (Å²) >= 11 is 8.44. The van der Waals surface area contributed by atoms with E-state index in [1.54, 1.807) is 22.8 Å². The maximum atomic E-state index is 14.0. The van der Waals surface area contributed by atoms with Gasteiger partial charge in [0.15, 0.2) is 4.80 Å². The van der Waals surface area contributed by atoms with Crippen LogP contribution in [0.3, 0.4) is 0 Å². The zero-order valence-corrected chi connectivity index (χ0v) is 25.0. The molecule has 0 saturated carbocycles. The number of fused-ring (bicyclic) bond motifs is 3. The van der Waals surface area contributed by atoms with Crippen molar-refractivity contribution in [1.82, 2.24) is 4.57 Å². The fraction of sp³-hybridized carbons (Fsp3) is 0.133. The van der Waals surface area contributed by atoms with E-state index in [1.165, 1.54) is 23.0 Å². The first-order valence-corrected chi connectivity index (χ1v) is 14.9. The molecule has 0 spiro atoms. The average Bonchev–Trinajstić information content (AvgIpc) is 3.25. The van der Waals surface area contributed by atoms with Crippen LogP contribution >= 0.6 is 43.2 Å². The first kappa shape index (κ1) is 26.6. The molecule has 3 aromatic carbocycles. The number of rotatable bonds is 6. The first-order valence-electron chi connectivity index (χ1n) is 12.5. The summed E-state index contributed by atoms with van der Waals surface area (Å²) in [5, 5.41) is 11.6. The van der Waals surface area contributed by atoms with E-state index in [2.05, 4.69) is 50.6 Å². The predicted octanol–water partition coefficient (Wildman–Crippen LogP) is 6.32. The number of benzene rings is 3. The second-order valence-corrected chi connectivity index (χ2v) is 12.1. The number of aryl methyl sites for hydroxylation is 1. The van der Waals surface area contributed by atoms with Crippen LogP contribution in [-0.2, 0) is 6.42 Å². The highest BCUT2D eigenvalue weighted by molar-refractivity contribution is 9.11. The molecule has 0 amide bonds. The van der Waals surface area contributed by atoms with Crippen molar-refractivity contribution in [1.29, 1.82) is 0 Å². The van der Waals surface area contributed by atoms with Gasteiger partial charge in [-0.25, -0.2) is 4.99 Å². The number of halogens is 2. The summed E-state index contributed by atoms with van der Waals surface area (Å²) in [5.74, 6) is 0.649. The van der Waals surface area contributed by atoms with E-state index in [9.17, 15) is 14.9 Å². The van der Waals surface area contributed by atoms with Gasteiger partial charge in [-0.15, -0.1) is 0 Å². The molecule has 1 aromatic heterocycles. The summed E-state index contributed by atoms with van der Waals surface area (Å²) in [6.07, 6.45) is 5.02. The molecule has 7 nitrogen and oxygen atoms in total. The van der Waals surface area contributed by atoms with Gasteiger partial charge in [-0.3, -0.25) is 19.5 Å². The van der Waals surface area contributed by atoms with Gasteiger partial charge in [0.2, 0.25) is 0 Å². The largest absolute Gasteiger partial charge is 0.487 e. The van der Waals surface area contributed by atoms with Crippen molar-refractivity contribution in [3.8, 4) is 5.75 Å². The van der Waals surface area contributed by atoms with Gasteiger partial charge in [-0.2, -0.15) is 0 Å². The normalized spacial score (nSPS) is 16.1. The summed E-state index contributed by atoms with van der Waals surface area (Å²) in [4.78, 5) is 30.8. The summed E-state index contributed by atoms with van der Waals surface area (Å²) in [7, 11) is 0. The van der Waals surface area contributed by atoms with E-state index in [-0.39, 0.29) is 11.2 Å². The van der Waals surface area contributed by atoms with E-state index in [1.807, 2.05) is 36.4 Å². The van der Waals surface area contributed by atoms with Crippen LogP contribution in [0, 0.1) is 10.1 Å². The third-order valence-electron chi connectivity index (χ3n) is 6.93. The zero-order valence-electron chi connectivity index (χ0n) is 21.0. The minimum atomic E-state index is -0.491. The number of non-ortho nitro benzene ring substituents is 1. The van der Waals surface area contributed by atoms with Crippen molar-refractivity contribution < 1.29 is 9.66 Å². The lowest BCUT2D eigenvalue weighted by atomic mass is 9.83. The van der Waals surface area contributed by atoms with Gasteiger partial charge in [0, 0.05) is 17.7 Å². The van der Waals surface area contributed by atoms with Crippen molar-refractivity contribution in [3.05, 3.63) is 140 Å². The zero-order chi connectivity index (χ0) is 28.0. The van der Waals surface area contributed by atoms with Gasteiger partial charge in [0.1, 0.15) is 12.4 Å². The molecule has 0 saturated heterocycles. The summed E-state index contributed by atoms with van der Waals surface area (Å²) < 4.78 is 9.41. The topological polar surface area (TPSA) is 86.7 Å². The monoisotopic (exact) mass is 677 g/mol. The standard InChI is InChI=1S/C30H21Br2N3O4S/c1-2-12-39-28-23(31)13-17(14-24(28)32)15-25-29(36)34-27(19-7-5-8-20(16-19)35(37)38)22-11-10-18-6-3-4-9-21(18)26(22)33-30(34)40-25/h2-9,13-16,27H,1,10-12H2/b25-15+. The Bertz CT molecular complexity index is 1900. The number of hydrogen-bond donors (Lipinski definition) is 0. The number of nitro groups is 1. The summed E-state index contributed by atoms with van der Waals surface area (Å²) in [6.45, 7) is 4.05. The number of aromatic nitrogens is 1. The van der Waals surface area contributed by atoms with Crippen LogP contribution in [0.4, 0.5) is 5.69 Å². The van der Waals surface area contributed by atoms with E-state index >= 15 is 0 Å². The van der Waals surface area contributed by atoms with Gasteiger partial charge >= 0.3 is 0 Å². The lowest BCUT2D eigenvalue weighted by Crippen LogP contribution is -2.38. The quantitative estimate of drug-likeness (QED) is 0.136. The number of ether oxygens (including phenoxy) is 1. The molecule has 0 radical (unpaired) electrons. The molecule has 10 heteroatoms. The Balaban J connectivity index is 1.56. The maximum Gasteiger partial charge on any atom is 0.271 e. The van der Waals surface area contributed by atoms with Crippen LogP contribution in [0.2, 0.25) is 0 Å². The second-order valence-electron chi connectivity index (χ2n) is 9.38. The third-order valence-corrected chi connectivity index (χ3v) is 9.09. The fourth-order valence-electron chi connectivity index (χ4n) is 5.23. The van der Waals surface area contributed by atoms with E-state index in [0.717, 1.165) is 37.8 Å². The molecule has 2 aliphatic rings. The highest BCUT2D eigenvalue weighted by Crippen LogP contribution is 2.41.